The van der Waals surface area contributed by atoms with Gasteiger partial charge in [-0.25, -0.2) is 4.79 Å². The molecule has 5 N–H and O–H groups in total. The maximum absolute atomic E-state index is 14.6. The van der Waals surface area contributed by atoms with E-state index in [1.54, 1.807) is 34.8 Å². The van der Waals surface area contributed by atoms with Crippen LogP contribution in [-0.4, -0.2) is 197 Å². The van der Waals surface area contributed by atoms with E-state index in [9.17, 15) is 39.9 Å². The molecule has 0 amide bonds. The molecule has 18 atom stereocenters. The first kappa shape index (κ1) is 61.1. The number of esters is 1. The summed E-state index contributed by atoms with van der Waals surface area (Å²) in [6.45, 7) is 20.0. The summed E-state index contributed by atoms with van der Waals surface area (Å²) in [4.78, 5) is 43.5. The molecular formula is C56H91N3O16. The number of carboxylic acids is 1. The average molecular weight is 1060 g/mol. The summed E-state index contributed by atoms with van der Waals surface area (Å²) in [5.41, 5.74) is -2.26. The van der Waals surface area contributed by atoms with Gasteiger partial charge in [0.25, 0.3) is 0 Å². The van der Waals surface area contributed by atoms with Crippen molar-refractivity contribution in [1.29, 1.82) is 0 Å². The van der Waals surface area contributed by atoms with Crippen LogP contribution < -0.4 is 5.43 Å². The highest BCUT2D eigenvalue weighted by Gasteiger charge is 2.53. The normalized spacial score (nSPS) is 38.8. The van der Waals surface area contributed by atoms with E-state index in [1.165, 1.54) is 13.1 Å². The molecule has 19 heteroatoms. The smallest absolute Gasteiger partial charge is 0.341 e. The first-order chi connectivity index (χ1) is 35.1. The first-order valence-corrected chi connectivity index (χ1v) is 27.3. The van der Waals surface area contributed by atoms with Gasteiger partial charge >= 0.3 is 11.9 Å². The van der Waals surface area contributed by atoms with E-state index in [1.807, 2.05) is 76.2 Å². The Bertz CT molecular complexity index is 2290. The third-order valence-electron chi connectivity index (χ3n) is 16.8. The molecule has 0 spiro atoms. The standard InChI is InChI=1S/C56H91N3O16/c1-15-42-56(10,67)48(62)35(6)58(13)29-31(2)27-54(8,66)49(75-53-46(61)41(57(11)12)24-32(3)71-53)33(4)47(34(5)52(65)73-42)74-43-28-55(9,68-14)50(36(7)72-43)70-23-22-69-21-17-18-37-25-38-19-16-20-59-30-40(51(63)64)45(60)39(26-37)44(38)59/h25-26,30-36,41-43,46-50,53,61-62,66-67H,15-24,27-29H2,1-14H3,(H,63,64)/t31-,32-,33+,34-,35-,36+,41+,42-,43?,46-,47+,48+,49-,50+,53+,54-,55-,56-/m1/s1. The van der Waals surface area contributed by atoms with Gasteiger partial charge in [-0.1, -0.05) is 26.8 Å². The van der Waals surface area contributed by atoms with E-state index < -0.39 is 107 Å². The Balaban J connectivity index is 1.19. The molecule has 0 saturated carbocycles. The van der Waals surface area contributed by atoms with Gasteiger partial charge in [-0.05, 0) is 138 Å². The van der Waals surface area contributed by atoms with Gasteiger partial charge in [-0.3, -0.25) is 9.59 Å². The molecule has 0 bridgehead atoms. The number of carbonyl (C=O) groups is 2. The molecule has 2 aromatic rings. The number of benzene rings is 1. The van der Waals surface area contributed by atoms with Gasteiger partial charge in [0.15, 0.2) is 12.6 Å². The van der Waals surface area contributed by atoms with Crippen LogP contribution in [0.25, 0.3) is 10.9 Å². The van der Waals surface area contributed by atoms with Gasteiger partial charge in [0.2, 0.25) is 5.43 Å². The Labute approximate surface area is 444 Å². The first-order valence-electron chi connectivity index (χ1n) is 27.3. The fraction of sp³-hybridized carbons (Fsp3) is 0.804. The lowest BCUT2D eigenvalue weighted by Gasteiger charge is -2.49. The lowest BCUT2D eigenvalue weighted by Crippen LogP contribution is -2.61. The number of rotatable bonds is 16. The van der Waals surface area contributed by atoms with Crippen LogP contribution in [0.5, 0.6) is 0 Å². The van der Waals surface area contributed by atoms with Crippen molar-refractivity contribution in [1.82, 2.24) is 14.4 Å². The molecule has 4 aliphatic heterocycles. The summed E-state index contributed by atoms with van der Waals surface area (Å²) in [6.07, 6.45) is -3.59. The predicted molar refractivity (Wildman–Crippen MR) is 281 cm³/mol. The van der Waals surface area contributed by atoms with Crippen molar-refractivity contribution < 1.29 is 73.0 Å². The fourth-order valence-corrected chi connectivity index (χ4v) is 12.6. The van der Waals surface area contributed by atoms with Crippen LogP contribution in [0.15, 0.2) is 23.1 Å². The molecule has 19 nitrogen and oxygen atoms in total. The number of aliphatic hydroxyl groups is 4. The molecule has 1 unspecified atom stereocenters. The number of pyridine rings is 1. The molecule has 75 heavy (non-hydrogen) atoms. The largest absolute Gasteiger partial charge is 0.477 e. The Morgan fingerprint density at radius 1 is 0.947 bits per heavy atom. The van der Waals surface area contributed by atoms with Crippen molar-refractivity contribution in [3.63, 3.8) is 0 Å². The predicted octanol–water partition coefficient (Wildman–Crippen LogP) is 4.53. The maximum Gasteiger partial charge on any atom is 0.341 e. The van der Waals surface area contributed by atoms with Gasteiger partial charge < -0.3 is 77.8 Å². The summed E-state index contributed by atoms with van der Waals surface area (Å²) in [5.74, 6) is -3.94. The summed E-state index contributed by atoms with van der Waals surface area (Å²) < 4.78 is 53.4. The lowest BCUT2D eigenvalue weighted by molar-refractivity contribution is -0.321. The second kappa shape index (κ2) is 25.3. The van der Waals surface area contributed by atoms with E-state index in [0.29, 0.717) is 44.3 Å². The van der Waals surface area contributed by atoms with Crippen LogP contribution in [0, 0.1) is 17.8 Å². The van der Waals surface area contributed by atoms with Gasteiger partial charge in [0, 0.05) is 62.8 Å². The Morgan fingerprint density at radius 2 is 1.65 bits per heavy atom. The number of aromatic carboxylic acids is 1. The molecule has 5 heterocycles. The summed E-state index contributed by atoms with van der Waals surface area (Å²) >= 11 is 0. The van der Waals surface area contributed by atoms with E-state index in [0.717, 1.165) is 29.5 Å². The molecule has 6 rings (SSSR count). The number of nitrogens with zero attached hydrogens (tertiary/aromatic N) is 3. The van der Waals surface area contributed by atoms with Crippen LogP contribution in [-0.2, 0) is 62.1 Å². The minimum absolute atomic E-state index is 0.172. The highest BCUT2D eigenvalue weighted by molar-refractivity contribution is 5.94. The molecule has 1 aromatic carbocycles. The van der Waals surface area contributed by atoms with Crippen molar-refractivity contribution in [2.24, 2.45) is 17.8 Å². The Morgan fingerprint density at radius 3 is 2.31 bits per heavy atom. The minimum atomic E-state index is -1.84. The second-order valence-electron chi connectivity index (χ2n) is 23.4. The molecule has 426 valence electrons. The van der Waals surface area contributed by atoms with Crippen molar-refractivity contribution in [2.75, 3.05) is 54.6 Å². The van der Waals surface area contributed by atoms with E-state index in [4.69, 9.17) is 37.9 Å². The van der Waals surface area contributed by atoms with Gasteiger partial charge in [0.1, 0.15) is 35.6 Å². The molecule has 0 radical (unpaired) electrons. The number of aryl methyl sites for hydroxylation is 3. The van der Waals surface area contributed by atoms with E-state index >= 15 is 0 Å². The van der Waals surface area contributed by atoms with Crippen molar-refractivity contribution in [2.45, 2.75) is 217 Å². The topological polar surface area (TPSA) is 238 Å². The van der Waals surface area contributed by atoms with Gasteiger partial charge in [-0.15, -0.1) is 0 Å². The zero-order chi connectivity index (χ0) is 55.5. The SMILES string of the molecule is CC[C@H]1OC(=O)[C@H](C)[C@@H](OC2C[C@@](C)(OC)[C@@H](OCCOCCCc3cc4c5c(c3)c(=O)c(C(=O)O)cn5CCC4)[C@H](C)O2)[C@H](C)[C@@H](O[C@@H]2O[C@H](C)C[C@H](N(C)C)[C@H]2O)[C@](C)(O)C[C@@H](C)CN(C)[C@H](C)[C@H](O)[C@]1(C)O. The highest BCUT2D eigenvalue weighted by atomic mass is 16.7. The molecule has 1 aromatic heterocycles. The summed E-state index contributed by atoms with van der Waals surface area (Å²) in [7, 11) is 7.21. The van der Waals surface area contributed by atoms with Crippen LogP contribution in [0.2, 0.25) is 0 Å². The second-order valence-corrected chi connectivity index (χ2v) is 23.4. The van der Waals surface area contributed by atoms with Gasteiger partial charge in [0.05, 0.1) is 60.3 Å². The number of hydrogen-bond acceptors (Lipinski definition) is 17. The summed E-state index contributed by atoms with van der Waals surface area (Å²) in [6, 6.07) is 3.06. The van der Waals surface area contributed by atoms with E-state index in [-0.39, 0.29) is 56.1 Å². The average Bonchev–Trinajstić information content (AvgIpc) is 3.34. The number of hydrogen-bond donors (Lipinski definition) is 5. The van der Waals surface area contributed by atoms with Gasteiger partial charge in [-0.2, -0.15) is 0 Å². The van der Waals surface area contributed by atoms with Crippen LogP contribution in [0.3, 0.4) is 0 Å². The zero-order valence-electron chi connectivity index (χ0n) is 47.2. The van der Waals surface area contributed by atoms with Crippen molar-refractivity contribution in [3.8, 4) is 0 Å². The molecule has 0 aliphatic carbocycles. The van der Waals surface area contributed by atoms with E-state index in [2.05, 4.69) is 6.07 Å². The van der Waals surface area contributed by atoms with Crippen molar-refractivity contribution >= 4 is 22.8 Å². The number of aliphatic hydroxyl groups excluding tert-OH is 2. The number of aromatic nitrogens is 1. The number of carbonyl (C=O) groups excluding carboxylic acids is 1. The van der Waals surface area contributed by atoms with Crippen LogP contribution in [0.1, 0.15) is 129 Å². The molecule has 3 saturated heterocycles. The Hall–Kier alpha value is -3.15. The maximum atomic E-state index is 14.6. The zero-order valence-corrected chi connectivity index (χ0v) is 47.2. The number of carboxylic acid groups (broad SMARTS) is 1. The number of ether oxygens (including phenoxy) is 8. The number of cyclic esters (lactones) is 1. The number of methoxy groups -OCH3 is 1. The van der Waals surface area contributed by atoms with Crippen molar-refractivity contribution in [3.05, 3.63) is 45.2 Å². The van der Waals surface area contributed by atoms with Crippen LogP contribution in [0.4, 0.5) is 0 Å². The fourth-order valence-electron chi connectivity index (χ4n) is 12.6. The van der Waals surface area contributed by atoms with Crippen LogP contribution >= 0.6 is 0 Å². The molecule has 4 aliphatic rings. The number of likely N-dealkylation sites (N-methyl/N-ethyl adjacent to an activating group) is 2. The highest BCUT2D eigenvalue weighted by Crippen LogP contribution is 2.41. The monoisotopic (exact) mass is 1060 g/mol. The minimum Gasteiger partial charge on any atom is -0.477 e. The quantitative estimate of drug-likeness (QED) is 0.115. The Kier molecular flexibility index (Phi) is 20.6. The lowest BCUT2D eigenvalue weighted by atomic mass is 9.77. The molecular weight excluding hydrogens is 971 g/mol. The summed E-state index contributed by atoms with van der Waals surface area (Å²) in [5, 5.41) is 58.3. The third-order valence-corrected chi connectivity index (χ3v) is 16.8. The molecule has 3 fully saturated rings. The third kappa shape index (κ3) is 13.8.